The molecule has 2 rings (SSSR count). The molecule has 5 nitrogen and oxygen atoms in total. The Morgan fingerprint density at radius 1 is 1.32 bits per heavy atom. The quantitative estimate of drug-likeness (QED) is 0.253. The number of likely N-dealkylation sites (tertiary alicyclic amines) is 1. The summed E-state index contributed by atoms with van der Waals surface area (Å²) >= 11 is 0. The Bertz CT molecular complexity index is 319. The smallest absolute Gasteiger partial charge is 0.144 e. The van der Waals surface area contributed by atoms with E-state index in [-0.39, 0.29) is 5.41 Å². The van der Waals surface area contributed by atoms with Crippen molar-refractivity contribution in [2.45, 2.75) is 58.2 Å². The van der Waals surface area contributed by atoms with Crippen molar-refractivity contribution >= 4 is 5.84 Å². The number of hydrogen-bond donors (Lipinski definition) is 2. The van der Waals surface area contributed by atoms with E-state index in [1.165, 1.54) is 19.3 Å². The number of hydrogen-bond acceptors (Lipinski definition) is 4. The van der Waals surface area contributed by atoms with Crippen molar-refractivity contribution in [3.63, 3.8) is 0 Å². The zero-order chi connectivity index (χ0) is 13.9. The van der Waals surface area contributed by atoms with Crippen LogP contribution in [0.3, 0.4) is 0 Å². The summed E-state index contributed by atoms with van der Waals surface area (Å²) in [4.78, 5) is 2.53. The summed E-state index contributed by atoms with van der Waals surface area (Å²) in [6.45, 7) is 7.39. The molecule has 2 atom stereocenters. The van der Waals surface area contributed by atoms with Gasteiger partial charge >= 0.3 is 0 Å². The summed E-state index contributed by atoms with van der Waals surface area (Å²) in [5.74, 6) is 0.330. The Hall–Kier alpha value is -0.810. The number of amidine groups is 1. The van der Waals surface area contributed by atoms with Gasteiger partial charge in [-0.1, -0.05) is 25.4 Å². The van der Waals surface area contributed by atoms with Crippen LogP contribution >= 0.6 is 0 Å². The van der Waals surface area contributed by atoms with Crippen LogP contribution in [-0.2, 0) is 4.74 Å². The number of unbranched alkanes of at least 4 members (excludes halogenated alkanes) is 1. The molecule has 2 unspecified atom stereocenters. The van der Waals surface area contributed by atoms with Gasteiger partial charge in [0.15, 0.2) is 0 Å². The average Bonchev–Trinajstić information content (AvgIpc) is 2.73. The first-order chi connectivity index (χ1) is 9.01. The first-order valence-corrected chi connectivity index (χ1v) is 7.37. The number of nitrogens with two attached hydrogens (primary N) is 1. The highest BCUT2D eigenvalue weighted by Crippen LogP contribution is 2.27. The summed E-state index contributed by atoms with van der Waals surface area (Å²) in [7, 11) is 0. The lowest BCUT2D eigenvalue weighted by atomic mass is 9.86. The fraction of sp³-hybridized carbons (Fsp3) is 0.929. The molecule has 2 saturated heterocycles. The minimum absolute atomic E-state index is 0.210. The van der Waals surface area contributed by atoms with Gasteiger partial charge in [-0.3, -0.25) is 4.90 Å². The topological polar surface area (TPSA) is 71.1 Å². The van der Waals surface area contributed by atoms with E-state index in [4.69, 9.17) is 15.7 Å². The largest absolute Gasteiger partial charge is 0.409 e. The molecule has 0 amide bonds. The average molecular weight is 269 g/mol. The molecule has 19 heavy (non-hydrogen) atoms. The predicted molar refractivity (Wildman–Crippen MR) is 75.4 cm³/mol. The zero-order valence-corrected chi connectivity index (χ0v) is 12.1. The number of fused-ring (bicyclic) bond motifs is 2. The van der Waals surface area contributed by atoms with Crippen molar-refractivity contribution in [2.24, 2.45) is 16.3 Å². The lowest BCUT2D eigenvalue weighted by Gasteiger charge is -2.32. The minimum atomic E-state index is -0.210. The highest BCUT2D eigenvalue weighted by Gasteiger charge is 2.33. The SMILES string of the molecule is CC(C)(CCCCN1CC2CCC(C1)O2)C(N)=NO. The van der Waals surface area contributed by atoms with Gasteiger partial charge in [0.1, 0.15) is 5.84 Å². The maximum atomic E-state index is 8.74. The predicted octanol–water partition coefficient (Wildman–Crippen LogP) is 1.79. The first kappa shape index (κ1) is 14.6. The molecule has 5 heteroatoms. The third-order valence-corrected chi connectivity index (χ3v) is 4.45. The second-order valence-electron chi connectivity index (χ2n) is 6.54. The number of morpholine rings is 1. The molecule has 2 aliphatic rings. The van der Waals surface area contributed by atoms with Crippen LogP contribution in [0.4, 0.5) is 0 Å². The lowest BCUT2D eigenvalue weighted by Crippen LogP contribution is -2.43. The summed E-state index contributed by atoms with van der Waals surface area (Å²) in [6.07, 6.45) is 6.66. The van der Waals surface area contributed by atoms with Gasteiger partial charge in [0.05, 0.1) is 12.2 Å². The van der Waals surface area contributed by atoms with E-state index < -0.39 is 0 Å². The van der Waals surface area contributed by atoms with Crippen LogP contribution in [0.2, 0.25) is 0 Å². The van der Waals surface area contributed by atoms with Crippen LogP contribution in [0.25, 0.3) is 0 Å². The van der Waals surface area contributed by atoms with Gasteiger partial charge in [0, 0.05) is 18.5 Å². The van der Waals surface area contributed by atoms with Crippen molar-refractivity contribution in [1.82, 2.24) is 4.90 Å². The van der Waals surface area contributed by atoms with Crippen LogP contribution in [0.5, 0.6) is 0 Å². The molecule has 0 aliphatic carbocycles. The number of oxime groups is 1. The van der Waals surface area contributed by atoms with E-state index in [0.29, 0.717) is 18.0 Å². The highest BCUT2D eigenvalue weighted by atomic mass is 16.5. The molecule has 2 fully saturated rings. The van der Waals surface area contributed by atoms with E-state index >= 15 is 0 Å². The van der Waals surface area contributed by atoms with Gasteiger partial charge in [-0.25, -0.2) is 0 Å². The van der Waals surface area contributed by atoms with E-state index in [1.54, 1.807) is 0 Å². The van der Waals surface area contributed by atoms with E-state index in [9.17, 15) is 0 Å². The molecule has 3 N–H and O–H groups in total. The molecule has 0 aromatic rings. The second-order valence-corrected chi connectivity index (χ2v) is 6.54. The standard InChI is InChI=1S/C14H27N3O2/c1-14(2,13(15)16-18)7-3-4-8-17-9-11-5-6-12(10-17)19-11/h11-12,18H,3-10H2,1-2H3,(H2,15,16). The molecule has 2 heterocycles. The van der Waals surface area contributed by atoms with Crippen molar-refractivity contribution in [3.8, 4) is 0 Å². The molecule has 0 spiro atoms. The van der Waals surface area contributed by atoms with Crippen LogP contribution in [-0.4, -0.2) is 47.8 Å². The normalized spacial score (nSPS) is 28.8. The van der Waals surface area contributed by atoms with Gasteiger partial charge in [-0.15, -0.1) is 0 Å². The van der Waals surface area contributed by atoms with Gasteiger partial charge in [-0.2, -0.15) is 0 Å². The zero-order valence-electron chi connectivity index (χ0n) is 12.1. The molecule has 0 aromatic carbocycles. The van der Waals surface area contributed by atoms with Crippen LogP contribution in [0.15, 0.2) is 5.16 Å². The Morgan fingerprint density at radius 3 is 2.53 bits per heavy atom. The van der Waals surface area contributed by atoms with E-state index in [0.717, 1.165) is 32.5 Å². The van der Waals surface area contributed by atoms with Crippen molar-refractivity contribution < 1.29 is 9.94 Å². The summed E-state index contributed by atoms with van der Waals surface area (Å²) in [5, 5.41) is 11.9. The second kappa shape index (κ2) is 6.09. The number of ether oxygens (including phenoxy) is 1. The van der Waals surface area contributed by atoms with E-state index in [1.807, 2.05) is 13.8 Å². The Morgan fingerprint density at radius 2 is 1.95 bits per heavy atom. The van der Waals surface area contributed by atoms with Crippen LogP contribution in [0, 0.1) is 5.41 Å². The van der Waals surface area contributed by atoms with Gasteiger partial charge in [0.25, 0.3) is 0 Å². The molecule has 110 valence electrons. The molecule has 0 aromatic heterocycles. The highest BCUT2D eigenvalue weighted by molar-refractivity contribution is 5.85. The fourth-order valence-corrected chi connectivity index (χ4v) is 3.05. The molecule has 0 saturated carbocycles. The summed E-state index contributed by atoms with van der Waals surface area (Å²) in [6, 6.07) is 0. The summed E-state index contributed by atoms with van der Waals surface area (Å²) in [5.41, 5.74) is 5.48. The fourth-order valence-electron chi connectivity index (χ4n) is 3.05. The van der Waals surface area contributed by atoms with Gasteiger partial charge in [0.2, 0.25) is 0 Å². The van der Waals surface area contributed by atoms with E-state index in [2.05, 4.69) is 10.1 Å². The van der Waals surface area contributed by atoms with Gasteiger partial charge < -0.3 is 15.7 Å². The third kappa shape index (κ3) is 3.83. The van der Waals surface area contributed by atoms with Crippen LogP contribution < -0.4 is 5.73 Å². The molecular formula is C14H27N3O2. The third-order valence-electron chi connectivity index (χ3n) is 4.45. The molecule has 2 bridgehead atoms. The molecule has 0 radical (unpaired) electrons. The lowest BCUT2D eigenvalue weighted by molar-refractivity contribution is -0.0386. The van der Waals surface area contributed by atoms with Crippen molar-refractivity contribution in [1.29, 1.82) is 0 Å². The first-order valence-electron chi connectivity index (χ1n) is 7.37. The summed E-state index contributed by atoms with van der Waals surface area (Å²) < 4.78 is 5.83. The maximum absolute atomic E-state index is 8.74. The Balaban J connectivity index is 1.64. The van der Waals surface area contributed by atoms with Crippen molar-refractivity contribution in [3.05, 3.63) is 0 Å². The van der Waals surface area contributed by atoms with Crippen LogP contribution in [0.1, 0.15) is 46.0 Å². The minimum Gasteiger partial charge on any atom is -0.409 e. The Kier molecular flexibility index (Phi) is 4.68. The maximum Gasteiger partial charge on any atom is 0.144 e. The van der Waals surface area contributed by atoms with Gasteiger partial charge in [-0.05, 0) is 32.2 Å². The Labute approximate surface area is 115 Å². The monoisotopic (exact) mass is 269 g/mol. The number of nitrogens with zero attached hydrogens (tertiary/aromatic N) is 2. The molecular weight excluding hydrogens is 242 g/mol. The number of rotatable bonds is 6. The molecule has 2 aliphatic heterocycles. The van der Waals surface area contributed by atoms with Crippen molar-refractivity contribution in [2.75, 3.05) is 19.6 Å².